The average molecular weight is 287 g/mol. The number of rotatable bonds is 5. The van der Waals surface area contributed by atoms with Crippen LogP contribution in [0, 0.1) is 0 Å². The first-order valence-electron chi connectivity index (χ1n) is 6.47. The second-order valence-corrected chi connectivity index (χ2v) is 4.89. The number of amides is 2. The molecule has 0 radical (unpaired) electrons. The number of nitrogens with zero attached hydrogens (tertiary/aromatic N) is 1. The number of carbonyl (C=O) groups excluding carboxylic acids is 2. The summed E-state index contributed by atoms with van der Waals surface area (Å²) in [5.41, 5.74) is 0. The molecule has 1 aliphatic heterocycles. The molecule has 0 saturated carbocycles. The number of urea groups is 1. The van der Waals surface area contributed by atoms with E-state index in [9.17, 15) is 14.4 Å². The fraction of sp³-hybridized carbons (Fsp3) is 0.750. The van der Waals surface area contributed by atoms with E-state index in [4.69, 9.17) is 5.11 Å². The molecule has 1 rings (SSSR count). The summed E-state index contributed by atoms with van der Waals surface area (Å²) < 4.78 is 4.40. The fourth-order valence-corrected chi connectivity index (χ4v) is 2.12. The van der Waals surface area contributed by atoms with E-state index in [0.717, 1.165) is 25.9 Å². The van der Waals surface area contributed by atoms with E-state index < -0.39 is 30.4 Å². The van der Waals surface area contributed by atoms with Gasteiger partial charge >= 0.3 is 18.0 Å². The van der Waals surface area contributed by atoms with E-state index in [-0.39, 0.29) is 6.04 Å². The van der Waals surface area contributed by atoms with E-state index in [1.165, 1.54) is 7.11 Å². The SMILES string of the molecule is COC(=O)C[C@H](NC(=O)NC1CCCN(C)C1)C(=O)O. The van der Waals surface area contributed by atoms with E-state index in [0.29, 0.717) is 0 Å². The lowest BCUT2D eigenvalue weighted by molar-refractivity contribution is -0.147. The van der Waals surface area contributed by atoms with Crippen LogP contribution < -0.4 is 10.6 Å². The van der Waals surface area contributed by atoms with Crippen molar-refractivity contribution in [3.63, 3.8) is 0 Å². The second kappa shape index (κ2) is 7.68. The van der Waals surface area contributed by atoms with Gasteiger partial charge in [0.05, 0.1) is 13.5 Å². The number of ether oxygens (including phenoxy) is 1. The van der Waals surface area contributed by atoms with Crippen molar-refractivity contribution in [1.82, 2.24) is 15.5 Å². The van der Waals surface area contributed by atoms with Crippen LogP contribution in [0.15, 0.2) is 0 Å². The number of carbonyl (C=O) groups is 3. The Hall–Kier alpha value is -1.83. The van der Waals surface area contributed by atoms with Crippen LogP contribution >= 0.6 is 0 Å². The lowest BCUT2D eigenvalue weighted by Crippen LogP contribution is -2.53. The van der Waals surface area contributed by atoms with Crippen molar-refractivity contribution >= 4 is 18.0 Å². The first-order chi connectivity index (χ1) is 9.42. The van der Waals surface area contributed by atoms with Crippen molar-refractivity contribution in [2.24, 2.45) is 0 Å². The van der Waals surface area contributed by atoms with Crippen molar-refractivity contribution < 1.29 is 24.2 Å². The molecule has 0 aromatic rings. The molecular formula is C12H21N3O5. The number of aliphatic carboxylic acids is 1. The summed E-state index contributed by atoms with van der Waals surface area (Å²) in [4.78, 5) is 35.9. The number of nitrogens with one attached hydrogen (secondary N) is 2. The lowest BCUT2D eigenvalue weighted by Gasteiger charge is -2.30. The number of likely N-dealkylation sites (tertiary alicyclic amines) is 1. The molecule has 0 aromatic carbocycles. The zero-order valence-corrected chi connectivity index (χ0v) is 11.7. The number of carboxylic acid groups (broad SMARTS) is 1. The summed E-state index contributed by atoms with van der Waals surface area (Å²) >= 11 is 0. The van der Waals surface area contributed by atoms with Gasteiger partial charge in [0.1, 0.15) is 6.04 Å². The third-order valence-corrected chi connectivity index (χ3v) is 3.16. The molecule has 0 spiro atoms. The van der Waals surface area contributed by atoms with Crippen LogP contribution in [0.25, 0.3) is 0 Å². The van der Waals surface area contributed by atoms with Crippen LogP contribution in [0.3, 0.4) is 0 Å². The van der Waals surface area contributed by atoms with Crippen LogP contribution in [0.1, 0.15) is 19.3 Å². The molecule has 1 aliphatic rings. The van der Waals surface area contributed by atoms with E-state index in [2.05, 4.69) is 20.3 Å². The molecule has 0 aliphatic carbocycles. The molecule has 1 saturated heterocycles. The largest absolute Gasteiger partial charge is 0.480 e. The first-order valence-corrected chi connectivity index (χ1v) is 6.47. The van der Waals surface area contributed by atoms with Crippen molar-refractivity contribution in [3.05, 3.63) is 0 Å². The monoisotopic (exact) mass is 287 g/mol. The molecule has 8 nitrogen and oxygen atoms in total. The summed E-state index contributed by atoms with van der Waals surface area (Å²) in [5, 5.41) is 13.9. The number of esters is 1. The zero-order chi connectivity index (χ0) is 15.1. The summed E-state index contributed by atoms with van der Waals surface area (Å²) in [5.74, 6) is -1.96. The Morgan fingerprint density at radius 2 is 2.15 bits per heavy atom. The van der Waals surface area contributed by atoms with E-state index >= 15 is 0 Å². The topological polar surface area (TPSA) is 108 Å². The quantitative estimate of drug-likeness (QED) is 0.583. The maximum Gasteiger partial charge on any atom is 0.326 e. The van der Waals surface area contributed by atoms with Crippen molar-refractivity contribution in [1.29, 1.82) is 0 Å². The van der Waals surface area contributed by atoms with Gasteiger partial charge in [-0.15, -0.1) is 0 Å². The van der Waals surface area contributed by atoms with Gasteiger partial charge in [0, 0.05) is 12.6 Å². The van der Waals surface area contributed by atoms with Crippen LogP contribution in [-0.2, 0) is 14.3 Å². The summed E-state index contributed by atoms with van der Waals surface area (Å²) in [7, 11) is 3.13. The highest BCUT2D eigenvalue weighted by molar-refractivity contribution is 5.86. The smallest absolute Gasteiger partial charge is 0.326 e. The zero-order valence-electron chi connectivity index (χ0n) is 11.7. The van der Waals surface area contributed by atoms with Gasteiger partial charge in [-0.2, -0.15) is 0 Å². The molecule has 2 amide bonds. The summed E-state index contributed by atoms with van der Waals surface area (Å²) in [6.07, 6.45) is 1.43. The van der Waals surface area contributed by atoms with Crippen molar-refractivity contribution in [2.75, 3.05) is 27.2 Å². The Balaban J connectivity index is 2.45. The number of likely N-dealkylation sites (N-methyl/N-ethyl adjacent to an activating group) is 1. The minimum absolute atomic E-state index is 0.0127. The van der Waals surface area contributed by atoms with Gasteiger partial charge in [-0.1, -0.05) is 0 Å². The highest BCUT2D eigenvalue weighted by Crippen LogP contribution is 2.07. The Bertz CT molecular complexity index is 374. The standard InChI is InChI=1S/C12H21N3O5/c1-15-5-3-4-8(7-15)13-12(19)14-9(11(17)18)6-10(16)20-2/h8-9H,3-7H2,1-2H3,(H,17,18)(H2,13,14,19)/t8?,9-/m0/s1. The van der Waals surface area contributed by atoms with Crippen molar-refractivity contribution in [2.45, 2.75) is 31.3 Å². The number of methoxy groups -OCH3 is 1. The molecule has 1 heterocycles. The molecule has 114 valence electrons. The van der Waals surface area contributed by atoms with Gasteiger partial charge in [-0.3, -0.25) is 4.79 Å². The van der Waals surface area contributed by atoms with Crippen LogP contribution in [0.2, 0.25) is 0 Å². The van der Waals surface area contributed by atoms with Gasteiger partial charge in [0.25, 0.3) is 0 Å². The van der Waals surface area contributed by atoms with E-state index in [1.807, 2.05) is 7.05 Å². The molecule has 2 atom stereocenters. The molecule has 3 N–H and O–H groups in total. The molecular weight excluding hydrogens is 266 g/mol. The molecule has 0 aromatic heterocycles. The lowest BCUT2D eigenvalue weighted by atomic mass is 10.1. The predicted molar refractivity (Wildman–Crippen MR) is 70.2 cm³/mol. The Labute approximate surface area is 117 Å². The summed E-state index contributed by atoms with van der Waals surface area (Å²) in [6, 6.07) is -1.88. The van der Waals surface area contributed by atoms with Gasteiger partial charge in [0.2, 0.25) is 0 Å². The first kappa shape index (κ1) is 16.2. The van der Waals surface area contributed by atoms with Crippen LogP contribution in [0.4, 0.5) is 4.79 Å². The number of piperidine rings is 1. The molecule has 1 unspecified atom stereocenters. The Morgan fingerprint density at radius 3 is 2.70 bits per heavy atom. The number of carboxylic acids is 1. The highest BCUT2D eigenvalue weighted by Gasteiger charge is 2.25. The molecule has 8 heteroatoms. The molecule has 0 bridgehead atoms. The highest BCUT2D eigenvalue weighted by atomic mass is 16.5. The predicted octanol–water partition coefficient (Wildman–Crippen LogP) is -0.604. The Kier molecular flexibility index (Phi) is 6.23. The van der Waals surface area contributed by atoms with Gasteiger partial charge in [-0.05, 0) is 26.4 Å². The maximum absolute atomic E-state index is 11.7. The summed E-state index contributed by atoms with van der Waals surface area (Å²) in [6.45, 7) is 1.71. The minimum Gasteiger partial charge on any atom is -0.480 e. The normalized spacial score (nSPS) is 20.8. The van der Waals surface area contributed by atoms with Gasteiger partial charge < -0.3 is 25.4 Å². The number of hydrogen-bond donors (Lipinski definition) is 3. The second-order valence-electron chi connectivity index (χ2n) is 4.89. The fourth-order valence-electron chi connectivity index (χ4n) is 2.12. The van der Waals surface area contributed by atoms with Gasteiger partial charge in [0.15, 0.2) is 0 Å². The maximum atomic E-state index is 11.7. The van der Waals surface area contributed by atoms with Crippen LogP contribution in [0.5, 0.6) is 0 Å². The molecule has 1 fully saturated rings. The van der Waals surface area contributed by atoms with Crippen LogP contribution in [-0.4, -0.2) is 67.3 Å². The third kappa shape index (κ3) is 5.43. The molecule has 20 heavy (non-hydrogen) atoms. The number of hydrogen-bond acceptors (Lipinski definition) is 5. The minimum atomic E-state index is -1.29. The van der Waals surface area contributed by atoms with Gasteiger partial charge in [-0.25, -0.2) is 9.59 Å². The third-order valence-electron chi connectivity index (χ3n) is 3.16. The van der Waals surface area contributed by atoms with E-state index in [1.54, 1.807) is 0 Å². The Morgan fingerprint density at radius 1 is 1.45 bits per heavy atom. The average Bonchev–Trinajstić information content (AvgIpc) is 2.37. The van der Waals surface area contributed by atoms with Crippen molar-refractivity contribution in [3.8, 4) is 0 Å².